The molecule has 124 valence electrons. The van der Waals surface area contributed by atoms with Gasteiger partial charge in [-0.2, -0.15) is 5.10 Å². The fraction of sp³-hybridized carbons (Fsp3) is 0.600. The Hall–Kier alpha value is -2.22. The van der Waals surface area contributed by atoms with Crippen LogP contribution in [0.1, 0.15) is 31.6 Å². The average molecular weight is 318 g/mol. The number of H-pyrrole nitrogens is 1. The van der Waals surface area contributed by atoms with Gasteiger partial charge in [0, 0.05) is 51.9 Å². The Morgan fingerprint density at radius 1 is 1.39 bits per heavy atom. The minimum Gasteiger partial charge on any atom is -0.347 e. The molecule has 0 unspecified atom stereocenters. The number of nitrogens with one attached hydrogen (secondary N) is 1. The Morgan fingerprint density at radius 3 is 2.87 bits per heavy atom. The second kappa shape index (κ2) is 6.49. The van der Waals surface area contributed by atoms with E-state index in [4.69, 9.17) is 0 Å². The second-order valence-corrected chi connectivity index (χ2v) is 5.83. The zero-order valence-corrected chi connectivity index (χ0v) is 13.5. The number of hydrogen-bond acceptors (Lipinski definition) is 5. The molecule has 1 atom stereocenters. The molecule has 2 amide bonds. The molecular formula is C15H22N6O2. The molecular weight excluding hydrogens is 296 g/mol. The van der Waals surface area contributed by atoms with Crippen molar-refractivity contribution in [1.29, 1.82) is 0 Å². The number of likely N-dealkylation sites (N-methyl/N-ethyl adjacent to an activating group) is 1. The third-order valence-corrected chi connectivity index (χ3v) is 4.47. The highest BCUT2D eigenvalue weighted by atomic mass is 16.2. The van der Waals surface area contributed by atoms with E-state index in [0.29, 0.717) is 31.6 Å². The van der Waals surface area contributed by atoms with E-state index in [-0.39, 0.29) is 17.9 Å². The molecule has 0 aliphatic carbocycles. The molecule has 1 fully saturated rings. The minimum atomic E-state index is -0.0725. The van der Waals surface area contributed by atoms with Crippen molar-refractivity contribution in [2.24, 2.45) is 5.10 Å². The molecule has 2 aliphatic rings. The van der Waals surface area contributed by atoms with Gasteiger partial charge >= 0.3 is 0 Å². The zero-order valence-electron chi connectivity index (χ0n) is 13.5. The lowest BCUT2D eigenvalue weighted by molar-refractivity contribution is -0.131. The van der Waals surface area contributed by atoms with Crippen molar-refractivity contribution in [3.8, 4) is 0 Å². The fourth-order valence-corrected chi connectivity index (χ4v) is 3.11. The van der Waals surface area contributed by atoms with Gasteiger partial charge in [-0.3, -0.25) is 14.5 Å². The Kier molecular flexibility index (Phi) is 4.42. The Bertz CT molecular complexity index is 611. The van der Waals surface area contributed by atoms with Crippen LogP contribution in [0.3, 0.4) is 0 Å². The molecule has 0 aromatic carbocycles. The van der Waals surface area contributed by atoms with Crippen molar-refractivity contribution >= 4 is 17.5 Å². The first kappa shape index (κ1) is 15.7. The fourth-order valence-electron chi connectivity index (χ4n) is 3.11. The molecule has 8 nitrogen and oxygen atoms in total. The van der Waals surface area contributed by atoms with Crippen molar-refractivity contribution in [1.82, 2.24) is 24.8 Å². The van der Waals surface area contributed by atoms with E-state index in [1.54, 1.807) is 19.4 Å². The Labute approximate surface area is 135 Å². The normalized spacial score (nSPS) is 23.1. The van der Waals surface area contributed by atoms with Crippen LogP contribution in [0.5, 0.6) is 0 Å². The van der Waals surface area contributed by atoms with Crippen LogP contribution in [0, 0.1) is 0 Å². The number of imidazole rings is 1. The Morgan fingerprint density at radius 2 is 2.22 bits per heavy atom. The monoisotopic (exact) mass is 318 g/mol. The highest BCUT2D eigenvalue weighted by Crippen LogP contribution is 2.23. The lowest BCUT2D eigenvalue weighted by Crippen LogP contribution is -2.52. The highest BCUT2D eigenvalue weighted by molar-refractivity contribution is 6.39. The van der Waals surface area contributed by atoms with E-state index in [0.717, 1.165) is 18.9 Å². The summed E-state index contributed by atoms with van der Waals surface area (Å²) in [7, 11) is 1.59. The molecule has 1 aromatic rings. The molecule has 23 heavy (non-hydrogen) atoms. The molecule has 2 aliphatic heterocycles. The maximum absolute atomic E-state index is 12.7. The summed E-state index contributed by atoms with van der Waals surface area (Å²) in [4.78, 5) is 35.9. The van der Waals surface area contributed by atoms with Crippen LogP contribution >= 0.6 is 0 Å². The highest BCUT2D eigenvalue weighted by Gasteiger charge is 2.34. The number of hydrogen-bond donors (Lipinski definition) is 1. The topological polar surface area (TPSA) is 84.9 Å². The first-order valence-electron chi connectivity index (χ1n) is 7.96. The quantitative estimate of drug-likeness (QED) is 0.864. The second-order valence-electron chi connectivity index (χ2n) is 5.83. The SMILES string of the molecule is CCN1CCN(C(=O)C2=NN(C)C(=O)CC2)C[C@@H]1c1ncc[nH]1. The summed E-state index contributed by atoms with van der Waals surface area (Å²) in [6, 6.07) is 0.0660. The van der Waals surface area contributed by atoms with Crippen molar-refractivity contribution in [2.75, 3.05) is 33.2 Å². The summed E-state index contributed by atoms with van der Waals surface area (Å²) < 4.78 is 0. The Balaban J connectivity index is 1.75. The van der Waals surface area contributed by atoms with Crippen LogP contribution in [0.25, 0.3) is 0 Å². The number of carbonyl (C=O) groups is 2. The van der Waals surface area contributed by atoms with E-state index in [9.17, 15) is 9.59 Å². The lowest BCUT2D eigenvalue weighted by Gasteiger charge is -2.40. The molecule has 0 bridgehead atoms. The number of aromatic amines is 1. The van der Waals surface area contributed by atoms with Gasteiger partial charge in [-0.1, -0.05) is 6.92 Å². The summed E-state index contributed by atoms with van der Waals surface area (Å²) in [5, 5.41) is 5.40. The molecule has 3 rings (SSSR count). The van der Waals surface area contributed by atoms with Gasteiger partial charge in [-0.15, -0.1) is 0 Å². The van der Waals surface area contributed by atoms with Gasteiger partial charge in [-0.25, -0.2) is 9.99 Å². The molecule has 0 saturated carbocycles. The first-order chi connectivity index (χ1) is 11.1. The van der Waals surface area contributed by atoms with Crippen molar-refractivity contribution < 1.29 is 9.59 Å². The third kappa shape index (κ3) is 3.12. The van der Waals surface area contributed by atoms with E-state index in [1.807, 2.05) is 4.90 Å². The maximum atomic E-state index is 12.7. The molecule has 1 saturated heterocycles. The standard InChI is InChI=1S/C15H22N6O2/c1-3-20-8-9-21(10-12(20)14-16-6-7-17-14)15(23)11-4-5-13(22)19(2)18-11/h6-7,12H,3-5,8-10H2,1-2H3,(H,16,17)/t12-/m1/s1. The van der Waals surface area contributed by atoms with Crippen LogP contribution < -0.4 is 0 Å². The molecule has 8 heteroatoms. The number of amides is 2. The maximum Gasteiger partial charge on any atom is 0.270 e. The number of hydrazone groups is 1. The van der Waals surface area contributed by atoms with E-state index in [2.05, 4.69) is 26.9 Å². The van der Waals surface area contributed by atoms with Gasteiger partial charge in [0.05, 0.1) is 6.04 Å². The number of piperazine rings is 1. The summed E-state index contributed by atoms with van der Waals surface area (Å²) in [5.41, 5.74) is 0.468. The van der Waals surface area contributed by atoms with Gasteiger partial charge in [0.2, 0.25) is 5.91 Å². The largest absolute Gasteiger partial charge is 0.347 e. The predicted octanol–water partition coefficient (Wildman–Crippen LogP) is 0.223. The lowest BCUT2D eigenvalue weighted by atomic mass is 10.1. The van der Waals surface area contributed by atoms with Crippen LogP contribution in [-0.4, -0.2) is 75.5 Å². The average Bonchev–Trinajstić information content (AvgIpc) is 3.10. The van der Waals surface area contributed by atoms with Crippen LogP contribution in [-0.2, 0) is 9.59 Å². The number of rotatable bonds is 3. The third-order valence-electron chi connectivity index (χ3n) is 4.47. The van der Waals surface area contributed by atoms with Crippen molar-refractivity contribution in [3.63, 3.8) is 0 Å². The minimum absolute atomic E-state index is 0.0502. The summed E-state index contributed by atoms with van der Waals surface area (Å²) >= 11 is 0. The van der Waals surface area contributed by atoms with Gasteiger partial charge in [-0.05, 0) is 6.54 Å². The van der Waals surface area contributed by atoms with Gasteiger partial charge in [0.25, 0.3) is 5.91 Å². The van der Waals surface area contributed by atoms with Gasteiger partial charge in [0.1, 0.15) is 11.5 Å². The summed E-state index contributed by atoms with van der Waals surface area (Å²) in [5.74, 6) is 0.754. The van der Waals surface area contributed by atoms with E-state index in [1.165, 1.54) is 5.01 Å². The van der Waals surface area contributed by atoms with E-state index >= 15 is 0 Å². The molecule has 0 spiro atoms. The van der Waals surface area contributed by atoms with Crippen molar-refractivity contribution in [2.45, 2.75) is 25.8 Å². The molecule has 0 radical (unpaired) electrons. The van der Waals surface area contributed by atoms with Crippen molar-refractivity contribution in [3.05, 3.63) is 18.2 Å². The van der Waals surface area contributed by atoms with Crippen LogP contribution in [0.4, 0.5) is 0 Å². The summed E-state index contributed by atoms with van der Waals surface area (Å²) in [6.07, 6.45) is 4.30. The predicted molar refractivity (Wildman–Crippen MR) is 84.6 cm³/mol. The molecule has 1 N–H and O–H groups in total. The molecule has 3 heterocycles. The summed E-state index contributed by atoms with van der Waals surface area (Å²) in [6.45, 7) is 5.07. The van der Waals surface area contributed by atoms with Gasteiger partial charge < -0.3 is 9.88 Å². The van der Waals surface area contributed by atoms with E-state index < -0.39 is 0 Å². The van der Waals surface area contributed by atoms with Crippen LogP contribution in [0.15, 0.2) is 17.5 Å². The van der Waals surface area contributed by atoms with Gasteiger partial charge in [0.15, 0.2) is 0 Å². The number of nitrogens with zero attached hydrogens (tertiary/aromatic N) is 5. The first-order valence-corrected chi connectivity index (χ1v) is 7.96. The van der Waals surface area contributed by atoms with Crippen LogP contribution in [0.2, 0.25) is 0 Å². The molecule has 1 aromatic heterocycles. The zero-order chi connectivity index (χ0) is 16.4. The number of aromatic nitrogens is 2. The smallest absolute Gasteiger partial charge is 0.270 e. The number of carbonyl (C=O) groups excluding carboxylic acids is 2.